The van der Waals surface area contributed by atoms with Crippen LogP contribution in [0.3, 0.4) is 0 Å². The van der Waals surface area contributed by atoms with E-state index in [-0.39, 0.29) is 6.61 Å². The molecule has 0 aliphatic rings. The maximum atomic E-state index is 11.6. The monoisotopic (exact) mass is 329 g/mol. The highest BCUT2D eigenvalue weighted by atomic mass is 32.1. The number of aryl methyl sites for hydroxylation is 1. The lowest BCUT2D eigenvalue weighted by atomic mass is 10.2. The van der Waals surface area contributed by atoms with Gasteiger partial charge in [-0.25, -0.2) is 4.79 Å². The van der Waals surface area contributed by atoms with Gasteiger partial charge in [0.2, 0.25) is 0 Å². The van der Waals surface area contributed by atoms with Crippen LogP contribution in [0.15, 0.2) is 42.5 Å². The molecule has 0 aliphatic carbocycles. The Balaban J connectivity index is 1.66. The van der Waals surface area contributed by atoms with Crippen LogP contribution in [0.1, 0.15) is 32.1 Å². The minimum atomic E-state index is -0.419. The molecule has 0 fully saturated rings. The first kappa shape index (κ1) is 17.0. The lowest BCUT2D eigenvalue weighted by molar-refractivity contribution is 0.112. The van der Waals surface area contributed by atoms with E-state index in [0.29, 0.717) is 13.0 Å². The molecule has 0 radical (unpaired) electrons. The Bertz CT molecular complexity index is 677. The van der Waals surface area contributed by atoms with Gasteiger partial charge in [0.15, 0.2) is 6.29 Å². The van der Waals surface area contributed by atoms with Crippen molar-refractivity contribution >= 4 is 29.8 Å². The van der Waals surface area contributed by atoms with Crippen LogP contribution in [-0.2, 0) is 11.3 Å². The molecule has 0 aliphatic heterocycles. The number of nitrogens with one attached hydrogen (secondary N) is 1. The lowest BCUT2D eigenvalue weighted by Crippen LogP contribution is -2.24. The molecule has 5 heteroatoms. The Morgan fingerprint density at radius 1 is 1.30 bits per heavy atom. The molecule has 0 bridgehead atoms. The van der Waals surface area contributed by atoms with Gasteiger partial charge >= 0.3 is 6.09 Å². The third-order valence-electron chi connectivity index (χ3n) is 3.15. The second-order valence-electron chi connectivity index (χ2n) is 4.99. The summed E-state index contributed by atoms with van der Waals surface area (Å²) in [6.45, 7) is 2.75. The zero-order chi connectivity index (χ0) is 16.5. The molecule has 0 saturated carbocycles. The summed E-state index contributed by atoms with van der Waals surface area (Å²) in [5, 5.41) is 2.70. The SMILES string of the molecule is Cc1cc(C=O)sc1C=CCCNC(=O)OCc1ccccc1. The minimum Gasteiger partial charge on any atom is -0.445 e. The van der Waals surface area contributed by atoms with Crippen molar-refractivity contribution in [1.29, 1.82) is 0 Å². The average Bonchev–Trinajstić information content (AvgIpc) is 2.94. The number of rotatable bonds is 7. The quantitative estimate of drug-likeness (QED) is 0.612. The average molecular weight is 329 g/mol. The predicted octanol–water partition coefficient (Wildman–Crippen LogP) is 4.20. The maximum Gasteiger partial charge on any atom is 0.407 e. The molecule has 1 heterocycles. The van der Waals surface area contributed by atoms with E-state index in [9.17, 15) is 9.59 Å². The van der Waals surface area contributed by atoms with Crippen LogP contribution in [-0.4, -0.2) is 18.9 Å². The standard InChI is InChI=1S/C18H19NO3S/c1-14-11-16(12-20)23-17(14)9-5-6-10-19-18(21)22-13-15-7-3-2-4-8-15/h2-5,7-9,11-12H,6,10,13H2,1H3,(H,19,21). The van der Waals surface area contributed by atoms with Crippen molar-refractivity contribution < 1.29 is 14.3 Å². The highest BCUT2D eigenvalue weighted by molar-refractivity contribution is 7.14. The van der Waals surface area contributed by atoms with Gasteiger partial charge in [0.05, 0.1) is 4.88 Å². The molecule has 0 saturated heterocycles. The van der Waals surface area contributed by atoms with Crippen LogP contribution in [0.25, 0.3) is 6.08 Å². The first-order valence-electron chi connectivity index (χ1n) is 7.35. The number of ether oxygens (including phenoxy) is 1. The second kappa shape index (κ2) is 8.90. The van der Waals surface area contributed by atoms with E-state index in [1.807, 2.05) is 55.5 Å². The molecule has 120 valence electrons. The van der Waals surface area contributed by atoms with Crippen molar-refractivity contribution in [2.45, 2.75) is 20.0 Å². The van der Waals surface area contributed by atoms with Crippen molar-refractivity contribution in [3.05, 3.63) is 63.4 Å². The van der Waals surface area contributed by atoms with E-state index in [1.165, 1.54) is 11.3 Å². The smallest absolute Gasteiger partial charge is 0.407 e. The lowest BCUT2D eigenvalue weighted by Gasteiger charge is -2.05. The molecular formula is C18H19NO3S. The van der Waals surface area contributed by atoms with Crippen molar-refractivity contribution in [2.24, 2.45) is 0 Å². The van der Waals surface area contributed by atoms with Gasteiger partial charge in [-0.2, -0.15) is 0 Å². The first-order chi connectivity index (χ1) is 11.2. The van der Waals surface area contributed by atoms with Crippen LogP contribution >= 0.6 is 11.3 Å². The Morgan fingerprint density at radius 3 is 2.78 bits per heavy atom. The van der Waals surface area contributed by atoms with Gasteiger partial charge in [-0.15, -0.1) is 11.3 Å². The van der Waals surface area contributed by atoms with Gasteiger partial charge < -0.3 is 10.1 Å². The molecule has 1 N–H and O–H groups in total. The van der Waals surface area contributed by atoms with Crippen molar-refractivity contribution in [3.8, 4) is 0 Å². The fraction of sp³-hybridized carbons (Fsp3) is 0.222. The summed E-state index contributed by atoms with van der Waals surface area (Å²) in [5.41, 5.74) is 2.05. The molecule has 1 aromatic carbocycles. The van der Waals surface area contributed by atoms with Gasteiger partial charge in [-0.3, -0.25) is 4.79 Å². The molecular weight excluding hydrogens is 310 g/mol. The summed E-state index contributed by atoms with van der Waals surface area (Å²) >= 11 is 1.46. The highest BCUT2D eigenvalue weighted by Gasteiger charge is 2.02. The summed E-state index contributed by atoms with van der Waals surface area (Å²) in [7, 11) is 0. The molecule has 2 aromatic rings. The summed E-state index contributed by atoms with van der Waals surface area (Å²) in [4.78, 5) is 24.1. The third-order valence-corrected chi connectivity index (χ3v) is 4.28. The van der Waals surface area contributed by atoms with Crippen LogP contribution < -0.4 is 5.32 Å². The number of thiophene rings is 1. The molecule has 4 nitrogen and oxygen atoms in total. The van der Waals surface area contributed by atoms with Crippen LogP contribution in [0, 0.1) is 6.92 Å². The molecule has 1 aromatic heterocycles. The van der Waals surface area contributed by atoms with E-state index in [4.69, 9.17) is 4.74 Å². The number of benzene rings is 1. The van der Waals surface area contributed by atoms with Gasteiger partial charge in [0.1, 0.15) is 6.61 Å². The molecule has 23 heavy (non-hydrogen) atoms. The molecule has 2 rings (SSSR count). The number of amides is 1. The Morgan fingerprint density at radius 2 is 2.09 bits per heavy atom. The van der Waals surface area contributed by atoms with Gasteiger partial charge in [-0.1, -0.05) is 36.4 Å². The number of carbonyl (C=O) groups excluding carboxylic acids is 2. The Labute approximate surface area is 139 Å². The molecule has 0 atom stereocenters. The molecule has 1 amide bonds. The highest BCUT2D eigenvalue weighted by Crippen LogP contribution is 2.21. The number of alkyl carbamates (subject to hydrolysis) is 1. The van der Waals surface area contributed by atoms with E-state index in [1.54, 1.807) is 0 Å². The summed E-state index contributed by atoms with van der Waals surface area (Å²) in [5.74, 6) is 0. The minimum absolute atomic E-state index is 0.269. The van der Waals surface area contributed by atoms with E-state index < -0.39 is 6.09 Å². The predicted molar refractivity (Wildman–Crippen MR) is 92.7 cm³/mol. The summed E-state index contributed by atoms with van der Waals surface area (Å²) in [6.07, 6.45) is 5.10. The zero-order valence-corrected chi connectivity index (χ0v) is 13.8. The van der Waals surface area contributed by atoms with E-state index in [0.717, 1.165) is 27.2 Å². The van der Waals surface area contributed by atoms with E-state index >= 15 is 0 Å². The van der Waals surface area contributed by atoms with Crippen LogP contribution in [0.4, 0.5) is 4.79 Å². The van der Waals surface area contributed by atoms with Crippen molar-refractivity contribution in [1.82, 2.24) is 5.32 Å². The van der Waals surface area contributed by atoms with Crippen LogP contribution in [0.2, 0.25) is 0 Å². The van der Waals surface area contributed by atoms with Gasteiger partial charge in [-0.05, 0) is 36.6 Å². The Kier molecular flexibility index (Phi) is 6.56. The van der Waals surface area contributed by atoms with Gasteiger partial charge in [0.25, 0.3) is 0 Å². The summed E-state index contributed by atoms with van der Waals surface area (Å²) in [6, 6.07) is 11.4. The van der Waals surface area contributed by atoms with E-state index in [2.05, 4.69) is 5.32 Å². The normalized spacial score (nSPS) is 10.7. The fourth-order valence-corrected chi connectivity index (χ4v) is 2.89. The third kappa shape index (κ3) is 5.71. The van der Waals surface area contributed by atoms with Crippen LogP contribution in [0.5, 0.6) is 0 Å². The zero-order valence-electron chi connectivity index (χ0n) is 13.0. The molecule has 0 spiro atoms. The van der Waals surface area contributed by atoms with Crippen molar-refractivity contribution in [2.75, 3.05) is 6.54 Å². The topological polar surface area (TPSA) is 55.4 Å². The number of hydrogen-bond donors (Lipinski definition) is 1. The molecule has 0 unspecified atom stereocenters. The number of carbonyl (C=O) groups is 2. The first-order valence-corrected chi connectivity index (χ1v) is 8.17. The maximum absolute atomic E-state index is 11.6. The number of hydrogen-bond acceptors (Lipinski definition) is 4. The summed E-state index contributed by atoms with van der Waals surface area (Å²) < 4.78 is 5.12. The van der Waals surface area contributed by atoms with Crippen molar-refractivity contribution in [3.63, 3.8) is 0 Å². The van der Waals surface area contributed by atoms with Gasteiger partial charge in [0, 0.05) is 11.4 Å². The second-order valence-corrected chi connectivity index (χ2v) is 6.11. The largest absolute Gasteiger partial charge is 0.445 e. The Hall–Kier alpha value is -2.40. The number of aldehydes is 1. The fourth-order valence-electron chi connectivity index (χ4n) is 1.97.